The van der Waals surface area contributed by atoms with Crippen molar-refractivity contribution in [3.63, 3.8) is 0 Å². The first-order valence-corrected chi connectivity index (χ1v) is 4.10. The highest BCUT2D eigenvalue weighted by atomic mass is 35.5. The lowest BCUT2D eigenvalue weighted by molar-refractivity contribution is 0.566. The van der Waals surface area contributed by atoms with E-state index in [2.05, 4.69) is 4.98 Å². The molecule has 56 valence electrons. The molecular formula is C6H9ClN2S. The van der Waals surface area contributed by atoms with Crippen LogP contribution in [0.3, 0.4) is 0 Å². The van der Waals surface area contributed by atoms with Gasteiger partial charge in [0.05, 0.1) is 0 Å². The van der Waals surface area contributed by atoms with Crippen LogP contribution in [0.2, 0.25) is 4.47 Å². The molecule has 0 aliphatic carbocycles. The van der Waals surface area contributed by atoms with Crippen molar-refractivity contribution in [3.05, 3.63) is 15.5 Å². The molecule has 1 aromatic heterocycles. The summed E-state index contributed by atoms with van der Waals surface area (Å²) in [7, 11) is 0. The van der Waals surface area contributed by atoms with Crippen LogP contribution < -0.4 is 5.73 Å². The topological polar surface area (TPSA) is 38.9 Å². The number of nitrogens with two attached hydrogens (primary N) is 1. The van der Waals surface area contributed by atoms with Gasteiger partial charge in [-0.05, 0) is 13.8 Å². The summed E-state index contributed by atoms with van der Waals surface area (Å²) in [6.45, 7) is 3.85. The predicted molar refractivity (Wildman–Crippen MR) is 44.3 cm³/mol. The van der Waals surface area contributed by atoms with Crippen molar-refractivity contribution in [3.8, 4) is 0 Å². The van der Waals surface area contributed by atoms with Crippen LogP contribution in [0.25, 0.3) is 0 Å². The van der Waals surface area contributed by atoms with E-state index < -0.39 is 0 Å². The quantitative estimate of drug-likeness (QED) is 0.711. The molecule has 0 amide bonds. The molecule has 0 atom stereocenters. The fourth-order valence-corrected chi connectivity index (χ4v) is 1.50. The van der Waals surface area contributed by atoms with Crippen LogP contribution in [-0.4, -0.2) is 4.98 Å². The van der Waals surface area contributed by atoms with E-state index in [1.807, 2.05) is 13.8 Å². The summed E-state index contributed by atoms with van der Waals surface area (Å²) in [6, 6.07) is 0. The van der Waals surface area contributed by atoms with Gasteiger partial charge in [0.25, 0.3) is 0 Å². The van der Waals surface area contributed by atoms with Crippen molar-refractivity contribution in [1.29, 1.82) is 0 Å². The molecule has 0 saturated carbocycles. The van der Waals surface area contributed by atoms with Gasteiger partial charge in [0.2, 0.25) is 0 Å². The number of thiazole rings is 1. The van der Waals surface area contributed by atoms with E-state index >= 15 is 0 Å². The zero-order valence-electron chi connectivity index (χ0n) is 5.89. The van der Waals surface area contributed by atoms with Crippen LogP contribution in [0, 0.1) is 0 Å². The summed E-state index contributed by atoms with van der Waals surface area (Å²) >= 11 is 7.04. The number of aromatic nitrogens is 1. The normalized spacial score (nSPS) is 12.0. The maximum Gasteiger partial charge on any atom is 0.183 e. The van der Waals surface area contributed by atoms with E-state index in [0.29, 0.717) is 4.47 Å². The zero-order valence-corrected chi connectivity index (χ0v) is 7.46. The molecule has 0 bridgehead atoms. The first-order chi connectivity index (χ1) is 4.50. The molecular weight excluding hydrogens is 168 g/mol. The van der Waals surface area contributed by atoms with Crippen molar-refractivity contribution in [2.45, 2.75) is 19.4 Å². The van der Waals surface area contributed by atoms with E-state index in [1.54, 1.807) is 6.20 Å². The molecule has 0 saturated heterocycles. The second-order valence-electron chi connectivity index (χ2n) is 2.70. The lowest BCUT2D eigenvalue weighted by Gasteiger charge is -2.14. The summed E-state index contributed by atoms with van der Waals surface area (Å²) < 4.78 is 0.550. The van der Waals surface area contributed by atoms with E-state index in [-0.39, 0.29) is 5.54 Å². The zero-order chi connectivity index (χ0) is 7.78. The van der Waals surface area contributed by atoms with Crippen molar-refractivity contribution in [1.82, 2.24) is 4.98 Å². The number of hydrogen-bond donors (Lipinski definition) is 1. The van der Waals surface area contributed by atoms with Gasteiger partial charge in [-0.3, -0.25) is 0 Å². The molecule has 0 fully saturated rings. The largest absolute Gasteiger partial charge is 0.321 e. The minimum Gasteiger partial charge on any atom is -0.321 e. The maximum absolute atomic E-state index is 5.78. The molecule has 0 aliphatic rings. The van der Waals surface area contributed by atoms with Crippen LogP contribution in [0.15, 0.2) is 6.20 Å². The summed E-state index contributed by atoms with van der Waals surface area (Å²) in [5, 5.41) is 0. The molecule has 1 heterocycles. The van der Waals surface area contributed by atoms with E-state index in [4.69, 9.17) is 17.3 Å². The van der Waals surface area contributed by atoms with Crippen LogP contribution in [-0.2, 0) is 5.54 Å². The Morgan fingerprint density at radius 3 is 2.50 bits per heavy atom. The van der Waals surface area contributed by atoms with Crippen LogP contribution in [0.1, 0.15) is 18.7 Å². The van der Waals surface area contributed by atoms with E-state index in [0.717, 1.165) is 4.88 Å². The lowest BCUT2D eigenvalue weighted by Crippen LogP contribution is -2.27. The first-order valence-electron chi connectivity index (χ1n) is 2.91. The SMILES string of the molecule is CC(C)(N)c1cnc(Cl)s1. The highest BCUT2D eigenvalue weighted by molar-refractivity contribution is 7.15. The van der Waals surface area contributed by atoms with Gasteiger partial charge in [-0.2, -0.15) is 0 Å². The molecule has 4 heteroatoms. The molecule has 0 spiro atoms. The Kier molecular flexibility index (Phi) is 1.99. The first kappa shape index (κ1) is 7.98. The summed E-state index contributed by atoms with van der Waals surface area (Å²) in [5.74, 6) is 0. The van der Waals surface area contributed by atoms with Crippen LogP contribution >= 0.6 is 22.9 Å². The Morgan fingerprint density at radius 2 is 2.30 bits per heavy atom. The molecule has 0 aromatic carbocycles. The fraction of sp³-hybridized carbons (Fsp3) is 0.500. The average Bonchev–Trinajstić information content (AvgIpc) is 2.11. The molecule has 0 unspecified atom stereocenters. The second-order valence-corrected chi connectivity index (χ2v) is 4.31. The molecule has 2 N–H and O–H groups in total. The van der Waals surface area contributed by atoms with Gasteiger partial charge in [0.15, 0.2) is 4.47 Å². The predicted octanol–water partition coefficient (Wildman–Crippen LogP) is 1.99. The Hall–Kier alpha value is -0.120. The van der Waals surface area contributed by atoms with Gasteiger partial charge in [-0.25, -0.2) is 4.98 Å². The minimum atomic E-state index is -0.315. The number of halogens is 1. The molecule has 0 aliphatic heterocycles. The van der Waals surface area contributed by atoms with Gasteiger partial charge in [0, 0.05) is 16.6 Å². The fourth-order valence-electron chi connectivity index (χ4n) is 0.551. The molecule has 0 radical (unpaired) electrons. The van der Waals surface area contributed by atoms with Gasteiger partial charge in [-0.15, -0.1) is 11.3 Å². The van der Waals surface area contributed by atoms with E-state index in [1.165, 1.54) is 11.3 Å². The number of nitrogens with zero attached hydrogens (tertiary/aromatic N) is 1. The van der Waals surface area contributed by atoms with E-state index in [9.17, 15) is 0 Å². The van der Waals surface area contributed by atoms with Gasteiger partial charge >= 0.3 is 0 Å². The van der Waals surface area contributed by atoms with Crippen molar-refractivity contribution in [2.75, 3.05) is 0 Å². The third-order valence-electron chi connectivity index (χ3n) is 1.11. The third-order valence-corrected chi connectivity index (χ3v) is 2.57. The van der Waals surface area contributed by atoms with Gasteiger partial charge in [0.1, 0.15) is 0 Å². The Balaban J connectivity index is 2.96. The molecule has 2 nitrogen and oxygen atoms in total. The Morgan fingerprint density at radius 1 is 1.70 bits per heavy atom. The van der Waals surface area contributed by atoms with Crippen molar-refractivity contribution < 1.29 is 0 Å². The summed E-state index contributed by atoms with van der Waals surface area (Å²) in [5.41, 5.74) is 5.47. The highest BCUT2D eigenvalue weighted by Gasteiger charge is 2.16. The Bertz CT molecular complexity index is 226. The minimum absolute atomic E-state index is 0.315. The van der Waals surface area contributed by atoms with Gasteiger partial charge in [-0.1, -0.05) is 11.6 Å². The van der Waals surface area contributed by atoms with Crippen molar-refractivity contribution >= 4 is 22.9 Å². The lowest BCUT2D eigenvalue weighted by atomic mass is 10.1. The van der Waals surface area contributed by atoms with Crippen LogP contribution in [0.4, 0.5) is 0 Å². The van der Waals surface area contributed by atoms with Crippen molar-refractivity contribution in [2.24, 2.45) is 5.73 Å². The monoisotopic (exact) mass is 176 g/mol. The number of rotatable bonds is 1. The number of hydrogen-bond acceptors (Lipinski definition) is 3. The van der Waals surface area contributed by atoms with Crippen LogP contribution in [0.5, 0.6) is 0 Å². The second kappa shape index (κ2) is 2.49. The molecule has 1 rings (SSSR count). The third kappa shape index (κ3) is 1.68. The summed E-state index contributed by atoms with van der Waals surface area (Å²) in [6.07, 6.45) is 1.72. The highest BCUT2D eigenvalue weighted by Crippen LogP contribution is 2.25. The average molecular weight is 177 g/mol. The Labute approximate surface area is 69.0 Å². The molecule has 10 heavy (non-hydrogen) atoms. The van der Waals surface area contributed by atoms with Gasteiger partial charge < -0.3 is 5.73 Å². The standard InChI is InChI=1S/C6H9ClN2S/c1-6(2,8)4-3-9-5(7)10-4/h3H,8H2,1-2H3. The maximum atomic E-state index is 5.78. The summed E-state index contributed by atoms with van der Waals surface area (Å²) in [4.78, 5) is 4.90. The smallest absolute Gasteiger partial charge is 0.183 e. The molecule has 1 aromatic rings.